The Morgan fingerprint density at radius 3 is 2.84 bits per heavy atom. The van der Waals surface area contributed by atoms with Gasteiger partial charge in [-0.3, -0.25) is 0 Å². The van der Waals surface area contributed by atoms with Crippen LogP contribution in [0.25, 0.3) is 10.2 Å². The number of aromatic nitrogens is 2. The molecule has 0 saturated carbocycles. The summed E-state index contributed by atoms with van der Waals surface area (Å²) < 4.78 is 0. The van der Waals surface area contributed by atoms with Crippen molar-refractivity contribution in [1.29, 1.82) is 0 Å². The number of aryl methyl sites for hydroxylation is 1. The fourth-order valence-corrected chi connectivity index (χ4v) is 2.83. The number of thiophene rings is 1. The molecule has 2 rings (SSSR count). The number of aliphatic hydroxyl groups excluding tert-OH is 1. The number of nitrogens with zero attached hydrogens (tertiary/aromatic N) is 2. The molecule has 19 heavy (non-hydrogen) atoms. The summed E-state index contributed by atoms with van der Waals surface area (Å²) in [5, 5.41) is 16.4. The second-order valence-electron chi connectivity index (χ2n) is 4.49. The first kappa shape index (κ1) is 14.0. The molecule has 0 amide bonds. The predicted octanol–water partition coefficient (Wildman–Crippen LogP) is 2.48. The zero-order chi connectivity index (χ0) is 13.8. The lowest BCUT2D eigenvalue weighted by atomic mass is 10.2. The normalized spacial score (nSPS) is 12.6. The summed E-state index contributed by atoms with van der Waals surface area (Å²) in [5.41, 5.74) is 0. The van der Waals surface area contributed by atoms with Gasteiger partial charge in [-0.05, 0) is 25.8 Å². The van der Waals surface area contributed by atoms with Crippen molar-refractivity contribution < 1.29 is 5.11 Å². The van der Waals surface area contributed by atoms with Crippen LogP contribution in [-0.4, -0.2) is 34.8 Å². The van der Waals surface area contributed by atoms with Gasteiger partial charge in [0.2, 0.25) is 5.95 Å². The summed E-state index contributed by atoms with van der Waals surface area (Å²) in [5.74, 6) is 1.46. The van der Waals surface area contributed by atoms with Crippen LogP contribution in [0.1, 0.15) is 25.1 Å². The molecule has 0 radical (unpaired) electrons. The summed E-state index contributed by atoms with van der Waals surface area (Å²) in [7, 11) is 1.82. The summed E-state index contributed by atoms with van der Waals surface area (Å²) in [6.07, 6.45) is 1.70. The van der Waals surface area contributed by atoms with Crippen molar-refractivity contribution in [2.75, 3.05) is 24.3 Å². The number of hydrogen-bond acceptors (Lipinski definition) is 6. The molecule has 0 aliphatic rings. The molecular weight excluding hydrogens is 260 g/mol. The van der Waals surface area contributed by atoms with Crippen LogP contribution in [0.5, 0.6) is 0 Å². The summed E-state index contributed by atoms with van der Waals surface area (Å²) >= 11 is 1.70. The smallest absolute Gasteiger partial charge is 0.225 e. The van der Waals surface area contributed by atoms with E-state index in [2.05, 4.69) is 33.6 Å². The lowest BCUT2D eigenvalue weighted by molar-refractivity contribution is 0.282. The third-order valence-corrected chi connectivity index (χ3v) is 4.13. The quantitative estimate of drug-likeness (QED) is 0.758. The van der Waals surface area contributed by atoms with Crippen molar-refractivity contribution in [3.05, 3.63) is 10.9 Å². The van der Waals surface area contributed by atoms with E-state index in [0.717, 1.165) is 22.5 Å². The van der Waals surface area contributed by atoms with E-state index in [4.69, 9.17) is 5.11 Å². The maximum atomic E-state index is 8.99. The molecule has 0 saturated heterocycles. The predicted molar refractivity (Wildman–Crippen MR) is 81.1 cm³/mol. The van der Waals surface area contributed by atoms with Crippen molar-refractivity contribution in [2.45, 2.75) is 32.7 Å². The number of anilines is 2. The molecule has 6 heteroatoms. The minimum atomic E-state index is 0.172. The van der Waals surface area contributed by atoms with Gasteiger partial charge in [-0.25, -0.2) is 4.98 Å². The van der Waals surface area contributed by atoms with E-state index < -0.39 is 0 Å². The van der Waals surface area contributed by atoms with Crippen molar-refractivity contribution >= 4 is 33.3 Å². The first-order chi connectivity index (χ1) is 9.17. The third kappa shape index (κ3) is 3.13. The minimum Gasteiger partial charge on any atom is -0.396 e. The van der Waals surface area contributed by atoms with Crippen LogP contribution in [0.4, 0.5) is 11.8 Å². The summed E-state index contributed by atoms with van der Waals surface area (Å²) in [6, 6.07) is 2.32. The fraction of sp³-hybridized carbons (Fsp3) is 0.538. The Hall–Kier alpha value is -1.40. The highest BCUT2D eigenvalue weighted by atomic mass is 32.1. The first-order valence-electron chi connectivity index (χ1n) is 6.53. The molecule has 0 aliphatic carbocycles. The SMILES string of the molecule is CCc1cc2c(NC(C)CCO)nc(NC)nc2s1. The Morgan fingerprint density at radius 1 is 1.42 bits per heavy atom. The summed E-state index contributed by atoms with van der Waals surface area (Å²) in [6.45, 7) is 4.35. The lowest BCUT2D eigenvalue weighted by Crippen LogP contribution is -2.18. The second kappa shape index (κ2) is 6.16. The molecule has 104 valence electrons. The Morgan fingerprint density at radius 2 is 2.21 bits per heavy atom. The molecular formula is C13H20N4OS. The molecule has 1 atom stereocenters. The molecule has 0 fully saturated rings. The highest BCUT2D eigenvalue weighted by Gasteiger charge is 2.12. The number of fused-ring (bicyclic) bond motifs is 1. The van der Waals surface area contributed by atoms with Crippen molar-refractivity contribution in [3.8, 4) is 0 Å². The molecule has 5 nitrogen and oxygen atoms in total. The van der Waals surface area contributed by atoms with Gasteiger partial charge in [0.05, 0.1) is 5.39 Å². The molecule has 1 unspecified atom stereocenters. The van der Waals surface area contributed by atoms with E-state index in [1.165, 1.54) is 4.88 Å². The first-order valence-corrected chi connectivity index (χ1v) is 7.35. The van der Waals surface area contributed by atoms with Gasteiger partial charge in [0.25, 0.3) is 0 Å². The lowest BCUT2D eigenvalue weighted by Gasteiger charge is -2.14. The minimum absolute atomic E-state index is 0.172. The van der Waals surface area contributed by atoms with Crippen LogP contribution >= 0.6 is 11.3 Å². The van der Waals surface area contributed by atoms with E-state index in [1.807, 2.05) is 14.0 Å². The monoisotopic (exact) mass is 280 g/mol. The average Bonchev–Trinajstić information content (AvgIpc) is 2.82. The summed E-state index contributed by atoms with van der Waals surface area (Å²) in [4.78, 5) is 11.3. The molecule has 0 aromatic carbocycles. The largest absolute Gasteiger partial charge is 0.396 e. The second-order valence-corrected chi connectivity index (χ2v) is 5.60. The molecule has 0 bridgehead atoms. The van der Waals surface area contributed by atoms with Crippen LogP contribution in [0.15, 0.2) is 6.07 Å². The number of aliphatic hydroxyl groups is 1. The van der Waals surface area contributed by atoms with Crippen LogP contribution in [0.3, 0.4) is 0 Å². The van der Waals surface area contributed by atoms with Gasteiger partial charge in [-0.2, -0.15) is 4.98 Å². The maximum Gasteiger partial charge on any atom is 0.225 e. The van der Waals surface area contributed by atoms with E-state index in [1.54, 1.807) is 11.3 Å². The van der Waals surface area contributed by atoms with E-state index in [0.29, 0.717) is 12.4 Å². The molecule has 3 N–H and O–H groups in total. The zero-order valence-corrected chi connectivity index (χ0v) is 12.3. The Bertz CT molecular complexity index is 555. The molecule has 2 aromatic rings. The van der Waals surface area contributed by atoms with Crippen LogP contribution in [-0.2, 0) is 6.42 Å². The van der Waals surface area contributed by atoms with Gasteiger partial charge < -0.3 is 15.7 Å². The molecule has 0 spiro atoms. The van der Waals surface area contributed by atoms with Crippen LogP contribution in [0, 0.1) is 0 Å². The topological polar surface area (TPSA) is 70.1 Å². The van der Waals surface area contributed by atoms with E-state index in [9.17, 15) is 0 Å². The zero-order valence-electron chi connectivity index (χ0n) is 11.5. The van der Waals surface area contributed by atoms with Gasteiger partial charge >= 0.3 is 0 Å². The van der Waals surface area contributed by atoms with Gasteiger partial charge in [0.15, 0.2) is 0 Å². The Balaban J connectivity index is 2.41. The Labute approximate surface area is 117 Å². The number of nitrogens with one attached hydrogen (secondary N) is 2. The standard InChI is InChI=1S/C13H20N4OS/c1-4-9-7-10-11(15-8(2)5-6-18)16-13(14-3)17-12(10)19-9/h7-8,18H,4-6H2,1-3H3,(H2,14,15,16,17). The van der Waals surface area contributed by atoms with Crippen molar-refractivity contribution in [3.63, 3.8) is 0 Å². The maximum absolute atomic E-state index is 8.99. The van der Waals surface area contributed by atoms with Crippen molar-refractivity contribution in [2.24, 2.45) is 0 Å². The van der Waals surface area contributed by atoms with E-state index >= 15 is 0 Å². The highest BCUT2D eigenvalue weighted by Crippen LogP contribution is 2.30. The van der Waals surface area contributed by atoms with Crippen molar-refractivity contribution in [1.82, 2.24) is 9.97 Å². The van der Waals surface area contributed by atoms with Gasteiger partial charge in [0.1, 0.15) is 10.6 Å². The van der Waals surface area contributed by atoms with Gasteiger partial charge in [-0.1, -0.05) is 6.92 Å². The Kier molecular flexibility index (Phi) is 4.55. The van der Waals surface area contributed by atoms with E-state index in [-0.39, 0.29) is 12.6 Å². The third-order valence-electron chi connectivity index (χ3n) is 2.96. The molecule has 0 aliphatic heterocycles. The average molecular weight is 280 g/mol. The van der Waals surface area contributed by atoms with Gasteiger partial charge in [-0.15, -0.1) is 11.3 Å². The highest BCUT2D eigenvalue weighted by molar-refractivity contribution is 7.18. The fourth-order valence-electron chi connectivity index (χ4n) is 1.87. The van der Waals surface area contributed by atoms with Gasteiger partial charge in [0, 0.05) is 24.6 Å². The number of hydrogen-bond donors (Lipinski definition) is 3. The van der Waals surface area contributed by atoms with Crippen LogP contribution in [0.2, 0.25) is 0 Å². The number of rotatable bonds is 6. The van der Waals surface area contributed by atoms with Crippen LogP contribution < -0.4 is 10.6 Å². The molecule has 2 aromatic heterocycles. The molecule has 2 heterocycles.